The summed E-state index contributed by atoms with van der Waals surface area (Å²) in [6, 6.07) is 0. The van der Waals surface area contributed by atoms with Gasteiger partial charge in [-0.3, -0.25) is 23.4 Å². The minimum Gasteiger partial charge on any atom is -0.390 e. The lowest BCUT2D eigenvalue weighted by molar-refractivity contribution is -0.330. The van der Waals surface area contributed by atoms with Crippen molar-refractivity contribution >= 4 is 15.6 Å². The van der Waals surface area contributed by atoms with Gasteiger partial charge in [-0.1, -0.05) is 0 Å². The van der Waals surface area contributed by atoms with Crippen molar-refractivity contribution in [2.45, 2.75) is 75.8 Å². The molecule has 0 spiro atoms. The number of hydrogen-bond acceptors (Lipinski definition) is 13. The number of nitrogens with zero attached hydrogens (tertiary/aromatic N) is 1. The lowest BCUT2D eigenvalue weighted by atomic mass is 9.83. The summed E-state index contributed by atoms with van der Waals surface area (Å²) in [5.41, 5.74) is 2.88. The van der Waals surface area contributed by atoms with E-state index in [0.29, 0.717) is 0 Å². The summed E-state index contributed by atoms with van der Waals surface area (Å²) in [5.74, 6) is -2.50. The molecule has 3 rings (SSSR count). The number of aromatic nitrogens is 2. The Balaban J connectivity index is 1.59. The van der Waals surface area contributed by atoms with Gasteiger partial charge in [0.05, 0.1) is 18.2 Å². The number of nitrogens with one attached hydrogen (secondary N) is 1. The summed E-state index contributed by atoms with van der Waals surface area (Å²) < 4.78 is 49.7. The molecule has 19 heteroatoms. The Morgan fingerprint density at radius 2 is 1.89 bits per heavy atom. The van der Waals surface area contributed by atoms with Crippen LogP contribution in [0.2, 0.25) is 0 Å². The molecule has 1 aromatic rings. The molecule has 0 amide bonds. The number of phosphoric acid groups is 2. The van der Waals surface area contributed by atoms with Gasteiger partial charge in [0, 0.05) is 24.6 Å². The Morgan fingerprint density at radius 3 is 2.50 bits per heavy atom. The molecule has 8 N–H and O–H groups in total. The third-order valence-electron chi connectivity index (χ3n) is 5.87. The molecule has 2 saturated heterocycles. The zero-order valence-corrected chi connectivity index (χ0v) is 21.2. The van der Waals surface area contributed by atoms with Crippen molar-refractivity contribution in [1.82, 2.24) is 9.55 Å². The number of aliphatic hydroxyl groups is 3. The molecule has 0 aromatic carbocycles. The van der Waals surface area contributed by atoms with Crippen LogP contribution in [0.5, 0.6) is 0 Å². The maximum atomic E-state index is 12.3. The molecular weight excluding hydrogens is 532 g/mol. The van der Waals surface area contributed by atoms with Crippen molar-refractivity contribution in [3.8, 4) is 0 Å². The third-order valence-corrected chi connectivity index (χ3v) is 8.50. The SMILES string of the molecule is Cc1cn([C@H]2C[C@H](O)[C@@H](COP(=O)(O)OP(=O)(O)O[C@@H]3C[C@](C)(N)C(O)(O)[C@@H](C)O3)O2)c(=O)[nH]c1=O. The molecule has 2 fully saturated rings. The standard InChI is InChI=1S/C17H29N3O14P2/c1-8-6-20(15(23)19-14(8)22)12-4-10(21)11(32-12)7-30-35(26,27)34-36(28,29)33-13-5-16(3,18)17(24,25)9(2)31-13/h6,9-13,21,24-25H,4-5,7,18H2,1-3H3,(H,26,27)(H,28,29)(H,19,22,23)/t9-,10+,11-,12-,13-,16+/m1/s1. The number of aryl methyl sites for hydroxylation is 1. The van der Waals surface area contributed by atoms with E-state index < -0.39 is 82.1 Å². The van der Waals surface area contributed by atoms with Crippen LogP contribution in [0.3, 0.4) is 0 Å². The molecule has 206 valence electrons. The Hall–Kier alpha value is -1.30. The first-order valence-electron chi connectivity index (χ1n) is 10.6. The van der Waals surface area contributed by atoms with Gasteiger partial charge in [-0.15, -0.1) is 0 Å². The maximum absolute atomic E-state index is 12.3. The fourth-order valence-electron chi connectivity index (χ4n) is 3.72. The second-order valence-electron chi connectivity index (χ2n) is 8.89. The molecule has 2 aliphatic heterocycles. The molecule has 1 aromatic heterocycles. The van der Waals surface area contributed by atoms with E-state index in [1.165, 1.54) is 27.0 Å². The highest BCUT2D eigenvalue weighted by Gasteiger charge is 2.55. The average Bonchev–Trinajstić information content (AvgIpc) is 3.06. The van der Waals surface area contributed by atoms with E-state index in [-0.39, 0.29) is 12.0 Å². The van der Waals surface area contributed by atoms with Crippen molar-refractivity contribution < 1.29 is 57.1 Å². The van der Waals surface area contributed by atoms with Gasteiger partial charge in [-0.25, -0.2) is 13.9 Å². The van der Waals surface area contributed by atoms with Crippen LogP contribution in [0.25, 0.3) is 0 Å². The van der Waals surface area contributed by atoms with E-state index in [9.17, 15) is 43.8 Å². The van der Waals surface area contributed by atoms with Crippen molar-refractivity contribution in [3.05, 3.63) is 32.6 Å². The molecule has 0 radical (unpaired) electrons. The molecule has 2 unspecified atom stereocenters. The molecular formula is C17H29N3O14P2. The molecule has 3 heterocycles. The largest absolute Gasteiger partial charge is 0.483 e. The lowest BCUT2D eigenvalue weighted by Crippen LogP contribution is -2.69. The summed E-state index contributed by atoms with van der Waals surface area (Å²) in [7, 11) is -10.6. The quantitative estimate of drug-likeness (QED) is 0.137. The number of phosphoric ester groups is 2. The van der Waals surface area contributed by atoms with Gasteiger partial charge in [-0.2, -0.15) is 4.31 Å². The van der Waals surface area contributed by atoms with Gasteiger partial charge < -0.3 is 40.3 Å². The Kier molecular flexibility index (Phi) is 8.22. The predicted octanol–water partition coefficient (Wildman–Crippen LogP) is -1.72. The Morgan fingerprint density at radius 1 is 1.25 bits per heavy atom. The Labute approximate surface area is 203 Å². The summed E-state index contributed by atoms with van der Waals surface area (Å²) in [4.78, 5) is 45.4. The van der Waals surface area contributed by atoms with Crippen molar-refractivity contribution in [3.63, 3.8) is 0 Å². The van der Waals surface area contributed by atoms with E-state index in [1.807, 2.05) is 0 Å². The number of aromatic amines is 1. The van der Waals surface area contributed by atoms with Crippen LogP contribution in [-0.2, 0) is 32.0 Å². The fourth-order valence-corrected chi connectivity index (χ4v) is 5.86. The second kappa shape index (κ2) is 10.1. The van der Waals surface area contributed by atoms with E-state index in [4.69, 9.17) is 19.7 Å². The van der Waals surface area contributed by atoms with E-state index in [1.54, 1.807) is 0 Å². The van der Waals surface area contributed by atoms with Crippen LogP contribution in [0.15, 0.2) is 15.8 Å². The van der Waals surface area contributed by atoms with Gasteiger partial charge in [0.25, 0.3) is 5.56 Å². The molecule has 8 atom stereocenters. The molecule has 0 aliphatic carbocycles. The van der Waals surface area contributed by atoms with Gasteiger partial charge in [0.15, 0.2) is 6.29 Å². The first kappa shape index (κ1) is 29.3. The molecule has 0 saturated carbocycles. The second-order valence-corrected chi connectivity index (χ2v) is 11.9. The topological polar surface area (TPSA) is 262 Å². The minimum atomic E-state index is -5.32. The number of H-pyrrole nitrogens is 1. The first-order valence-corrected chi connectivity index (χ1v) is 13.6. The highest BCUT2D eigenvalue weighted by atomic mass is 31.3. The van der Waals surface area contributed by atoms with Crippen molar-refractivity contribution in [1.29, 1.82) is 0 Å². The fraction of sp³-hybridized carbons (Fsp3) is 0.765. The van der Waals surface area contributed by atoms with E-state index in [2.05, 4.69) is 13.8 Å². The highest BCUT2D eigenvalue weighted by Crippen LogP contribution is 2.61. The van der Waals surface area contributed by atoms with Crippen LogP contribution in [0.4, 0.5) is 0 Å². The van der Waals surface area contributed by atoms with Crippen LogP contribution in [-0.4, -0.2) is 77.2 Å². The first-order chi connectivity index (χ1) is 16.3. The highest BCUT2D eigenvalue weighted by molar-refractivity contribution is 7.61. The van der Waals surface area contributed by atoms with Crippen LogP contribution in [0.1, 0.15) is 38.5 Å². The molecule has 0 bridgehead atoms. The summed E-state index contributed by atoms with van der Waals surface area (Å²) in [6.07, 6.45) is -5.95. The lowest BCUT2D eigenvalue weighted by Gasteiger charge is -2.48. The summed E-state index contributed by atoms with van der Waals surface area (Å²) in [6.45, 7) is 3.10. The zero-order valence-electron chi connectivity index (χ0n) is 19.4. The number of nitrogens with two attached hydrogens (primary N) is 1. The summed E-state index contributed by atoms with van der Waals surface area (Å²) in [5, 5.41) is 30.2. The molecule has 36 heavy (non-hydrogen) atoms. The summed E-state index contributed by atoms with van der Waals surface area (Å²) >= 11 is 0. The third kappa shape index (κ3) is 6.39. The van der Waals surface area contributed by atoms with E-state index in [0.717, 1.165) is 4.57 Å². The van der Waals surface area contributed by atoms with Crippen LogP contribution >= 0.6 is 15.6 Å². The van der Waals surface area contributed by atoms with Crippen LogP contribution in [0, 0.1) is 6.92 Å². The smallest absolute Gasteiger partial charge is 0.390 e. The number of aliphatic hydroxyl groups excluding tert-OH is 1. The van der Waals surface area contributed by atoms with Gasteiger partial charge in [-0.05, 0) is 20.8 Å². The van der Waals surface area contributed by atoms with Crippen LogP contribution < -0.4 is 17.0 Å². The predicted molar refractivity (Wildman–Crippen MR) is 117 cm³/mol. The number of hydrogen-bond donors (Lipinski definition) is 7. The number of ether oxygens (including phenoxy) is 2. The monoisotopic (exact) mass is 561 g/mol. The number of rotatable bonds is 8. The average molecular weight is 561 g/mol. The zero-order chi connectivity index (χ0) is 27.3. The van der Waals surface area contributed by atoms with E-state index >= 15 is 0 Å². The minimum absolute atomic E-state index is 0.135. The van der Waals surface area contributed by atoms with Gasteiger partial charge in [0.1, 0.15) is 18.4 Å². The van der Waals surface area contributed by atoms with Crippen molar-refractivity contribution in [2.75, 3.05) is 6.61 Å². The Bertz CT molecular complexity index is 1180. The normalized spacial score (nSPS) is 35.8. The van der Waals surface area contributed by atoms with Crippen molar-refractivity contribution in [2.24, 2.45) is 5.73 Å². The maximum Gasteiger partial charge on any atom is 0.483 e. The molecule has 2 aliphatic rings. The van der Waals surface area contributed by atoms with Gasteiger partial charge in [0.2, 0.25) is 5.79 Å². The molecule has 17 nitrogen and oxygen atoms in total. The van der Waals surface area contributed by atoms with Gasteiger partial charge >= 0.3 is 21.3 Å².